The van der Waals surface area contributed by atoms with E-state index in [9.17, 15) is 15.0 Å². The molecule has 0 aliphatic carbocycles. The van der Waals surface area contributed by atoms with Gasteiger partial charge in [0.2, 0.25) is 5.91 Å². The van der Waals surface area contributed by atoms with Gasteiger partial charge < -0.3 is 15.5 Å². The Morgan fingerprint density at radius 3 is 1.03 bits per heavy atom. The summed E-state index contributed by atoms with van der Waals surface area (Å²) < 4.78 is 0. The largest absolute Gasteiger partial charge is 0.394 e. The first-order valence-corrected chi connectivity index (χ1v) is 27.9. The fourth-order valence-electron chi connectivity index (χ4n) is 8.52. The molecule has 0 bridgehead atoms. The molecule has 0 spiro atoms. The van der Waals surface area contributed by atoms with E-state index in [1.165, 1.54) is 238 Å². The van der Waals surface area contributed by atoms with E-state index in [0.717, 1.165) is 38.5 Å². The summed E-state index contributed by atoms with van der Waals surface area (Å²) in [5.41, 5.74) is 0. The minimum Gasteiger partial charge on any atom is -0.394 e. The molecule has 4 heteroatoms. The van der Waals surface area contributed by atoms with Gasteiger partial charge in [0.05, 0.1) is 18.8 Å². The molecule has 364 valence electrons. The van der Waals surface area contributed by atoms with Crippen LogP contribution < -0.4 is 5.32 Å². The van der Waals surface area contributed by atoms with Crippen LogP contribution in [0.4, 0.5) is 0 Å². The molecule has 0 saturated carbocycles. The van der Waals surface area contributed by atoms with Crippen LogP contribution in [0.1, 0.15) is 296 Å². The molecule has 3 N–H and O–H groups in total. The number of carbonyl (C=O) groups is 1. The molecule has 4 nitrogen and oxygen atoms in total. The Balaban J connectivity index is 3.40. The number of aliphatic hydroxyl groups excluding tert-OH is 2. The molecule has 0 aromatic rings. The molecule has 0 aliphatic rings. The Morgan fingerprint density at radius 1 is 0.387 bits per heavy atom. The second-order valence-electron chi connectivity index (χ2n) is 19.0. The van der Waals surface area contributed by atoms with Gasteiger partial charge >= 0.3 is 0 Å². The van der Waals surface area contributed by atoms with Crippen LogP contribution >= 0.6 is 0 Å². The van der Waals surface area contributed by atoms with Crippen molar-refractivity contribution in [3.05, 3.63) is 48.6 Å². The quantitative estimate of drug-likeness (QED) is 0.0421. The van der Waals surface area contributed by atoms with Crippen LogP contribution in [-0.2, 0) is 4.79 Å². The Hall–Kier alpha value is -1.65. The number of carbonyl (C=O) groups excluding carboxylic acids is 1. The second-order valence-corrected chi connectivity index (χ2v) is 19.0. The van der Waals surface area contributed by atoms with Crippen molar-refractivity contribution in [2.75, 3.05) is 6.61 Å². The molecule has 1 amide bonds. The highest BCUT2D eigenvalue weighted by Gasteiger charge is 2.18. The number of aliphatic hydroxyl groups is 2. The molecule has 0 saturated heterocycles. The molecular weight excluding hydrogens is 759 g/mol. The van der Waals surface area contributed by atoms with Crippen molar-refractivity contribution in [2.45, 2.75) is 309 Å². The van der Waals surface area contributed by atoms with Crippen molar-refractivity contribution >= 4 is 5.91 Å². The maximum atomic E-state index is 12.4. The summed E-state index contributed by atoms with van der Waals surface area (Å²) in [6.45, 7) is 4.29. The lowest BCUT2D eigenvalue weighted by atomic mass is 10.0. The number of amides is 1. The summed E-state index contributed by atoms with van der Waals surface area (Å²) in [4.78, 5) is 12.4. The zero-order chi connectivity index (χ0) is 44.9. The molecule has 2 atom stereocenters. The average Bonchev–Trinajstić information content (AvgIpc) is 3.28. The van der Waals surface area contributed by atoms with Gasteiger partial charge in [0, 0.05) is 6.42 Å². The van der Waals surface area contributed by atoms with Crippen molar-refractivity contribution in [3.8, 4) is 0 Å². The van der Waals surface area contributed by atoms with E-state index in [1.807, 2.05) is 6.08 Å². The van der Waals surface area contributed by atoms with Crippen LogP contribution in [0, 0.1) is 0 Å². The number of allylic oxidation sites excluding steroid dienone is 7. The van der Waals surface area contributed by atoms with Gasteiger partial charge in [0.25, 0.3) is 0 Å². The highest BCUT2D eigenvalue weighted by atomic mass is 16.3. The number of hydrogen-bond donors (Lipinski definition) is 3. The maximum Gasteiger partial charge on any atom is 0.220 e. The van der Waals surface area contributed by atoms with Gasteiger partial charge in [0.1, 0.15) is 0 Å². The number of unbranched alkanes of at least 4 members (excludes halogenated alkanes) is 38. The smallest absolute Gasteiger partial charge is 0.220 e. The molecule has 0 aliphatic heterocycles. The van der Waals surface area contributed by atoms with Crippen LogP contribution in [0.2, 0.25) is 0 Å². The van der Waals surface area contributed by atoms with Gasteiger partial charge in [-0.05, 0) is 64.2 Å². The fourth-order valence-corrected chi connectivity index (χ4v) is 8.52. The van der Waals surface area contributed by atoms with Gasteiger partial charge in [0.15, 0.2) is 0 Å². The third-order valence-corrected chi connectivity index (χ3v) is 12.8. The van der Waals surface area contributed by atoms with Crippen molar-refractivity contribution in [2.24, 2.45) is 0 Å². The van der Waals surface area contributed by atoms with Gasteiger partial charge in [-0.3, -0.25) is 4.79 Å². The second kappa shape index (κ2) is 53.7. The van der Waals surface area contributed by atoms with Gasteiger partial charge in [-0.2, -0.15) is 0 Å². The van der Waals surface area contributed by atoms with E-state index >= 15 is 0 Å². The molecule has 0 radical (unpaired) electrons. The summed E-state index contributed by atoms with van der Waals surface area (Å²) in [6, 6.07) is -0.637. The van der Waals surface area contributed by atoms with Crippen molar-refractivity contribution in [1.29, 1.82) is 0 Å². The highest BCUT2D eigenvalue weighted by Crippen LogP contribution is 2.17. The first-order chi connectivity index (χ1) is 30.7. The van der Waals surface area contributed by atoms with Crippen LogP contribution in [0.15, 0.2) is 48.6 Å². The molecule has 0 fully saturated rings. The van der Waals surface area contributed by atoms with E-state index in [0.29, 0.717) is 6.42 Å². The van der Waals surface area contributed by atoms with Crippen molar-refractivity contribution < 1.29 is 15.0 Å². The molecule has 0 rings (SSSR count). The zero-order valence-corrected chi connectivity index (χ0v) is 41.9. The summed E-state index contributed by atoms with van der Waals surface area (Å²) in [6.07, 6.45) is 74.3. The number of nitrogens with one attached hydrogen (secondary N) is 1. The van der Waals surface area contributed by atoms with Crippen molar-refractivity contribution in [1.82, 2.24) is 5.32 Å². The molecule has 0 aromatic carbocycles. The monoisotopic (exact) mass is 868 g/mol. The molecule has 0 heterocycles. The standard InChI is InChI=1S/C58H109NO3/c1-3-5-7-9-11-13-15-17-18-19-20-21-22-23-24-25-26-27-28-29-30-31-32-33-34-35-36-37-38-39-40-42-44-46-48-50-52-54-58(62)59-56(55-60)57(61)53-51-49-47-45-43-41-16-14-12-10-8-6-4-2/h15,17,19-20,43,45,51,53,56-57,60-61H,3-14,16,18,21-42,44,46-50,52,54-55H2,1-2H3,(H,59,62)/b17-15-,20-19-,45-43+,53-51+. The van der Waals surface area contributed by atoms with E-state index in [4.69, 9.17) is 0 Å². The van der Waals surface area contributed by atoms with Gasteiger partial charge in [-0.1, -0.05) is 274 Å². The van der Waals surface area contributed by atoms with E-state index in [-0.39, 0.29) is 12.5 Å². The minimum absolute atomic E-state index is 0.0705. The normalized spacial score (nSPS) is 13.2. The molecule has 0 aromatic heterocycles. The van der Waals surface area contributed by atoms with E-state index in [2.05, 4.69) is 55.6 Å². The Labute approximate surface area is 388 Å². The van der Waals surface area contributed by atoms with Crippen molar-refractivity contribution in [3.63, 3.8) is 0 Å². The van der Waals surface area contributed by atoms with Crippen LogP contribution in [0.3, 0.4) is 0 Å². The SMILES string of the molecule is CCCCCCC/C=C\C/C=C\CCCCCCCCCCCCCCCCCCCCCCCCCCCC(=O)NC(CO)C(O)/C=C/CC/C=C/CCCCCCCCC. The Morgan fingerprint density at radius 2 is 0.677 bits per heavy atom. The maximum absolute atomic E-state index is 12.4. The first-order valence-electron chi connectivity index (χ1n) is 27.9. The molecule has 62 heavy (non-hydrogen) atoms. The Kier molecular flexibility index (Phi) is 52.3. The lowest BCUT2D eigenvalue weighted by Crippen LogP contribution is -2.45. The third kappa shape index (κ3) is 49.4. The van der Waals surface area contributed by atoms with E-state index in [1.54, 1.807) is 6.08 Å². The van der Waals surface area contributed by atoms with Gasteiger partial charge in [-0.15, -0.1) is 0 Å². The van der Waals surface area contributed by atoms with E-state index < -0.39 is 12.1 Å². The lowest BCUT2D eigenvalue weighted by molar-refractivity contribution is -0.123. The first kappa shape index (κ1) is 60.4. The minimum atomic E-state index is -0.860. The molecule has 2 unspecified atom stereocenters. The summed E-state index contributed by atoms with van der Waals surface area (Å²) in [5.74, 6) is -0.0705. The lowest BCUT2D eigenvalue weighted by Gasteiger charge is -2.19. The van der Waals surface area contributed by atoms with Crippen LogP contribution in [-0.4, -0.2) is 34.9 Å². The zero-order valence-electron chi connectivity index (χ0n) is 41.9. The Bertz CT molecular complexity index is 985. The van der Waals surface area contributed by atoms with Gasteiger partial charge in [-0.25, -0.2) is 0 Å². The fraction of sp³-hybridized carbons (Fsp3) is 0.845. The van der Waals surface area contributed by atoms with Crippen LogP contribution in [0.5, 0.6) is 0 Å². The number of hydrogen-bond acceptors (Lipinski definition) is 3. The summed E-state index contributed by atoms with van der Waals surface area (Å²) in [5, 5.41) is 23.0. The predicted molar refractivity (Wildman–Crippen MR) is 276 cm³/mol. The number of rotatable bonds is 51. The third-order valence-electron chi connectivity index (χ3n) is 12.8. The predicted octanol–water partition coefficient (Wildman–Crippen LogP) is 18.3. The topological polar surface area (TPSA) is 69.6 Å². The highest BCUT2D eigenvalue weighted by molar-refractivity contribution is 5.76. The van der Waals surface area contributed by atoms with Crippen LogP contribution in [0.25, 0.3) is 0 Å². The average molecular weight is 869 g/mol. The summed E-state index contributed by atoms with van der Waals surface area (Å²) in [7, 11) is 0. The molecular formula is C58H109NO3. The summed E-state index contributed by atoms with van der Waals surface area (Å²) >= 11 is 0.